The molecule has 0 N–H and O–H groups in total. The largest absolute Gasteiger partial charge is 0.457 e. The molecule has 0 saturated heterocycles. The van der Waals surface area contributed by atoms with E-state index in [4.69, 9.17) is 9.47 Å². The number of carbonyl (C=O) groups excluding carboxylic acids is 2. The van der Waals surface area contributed by atoms with Crippen molar-refractivity contribution >= 4 is 11.9 Å². The van der Waals surface area contributed by atoms with Crippen LogP contribution in [0.1, 0.15) is 42.5 Å². The van der Waals surface area contributed by atoms with Crippen LogP contribution < -0.4 is 0 Å². The number of carbonyl (C=O) groups is 2. The Morgan fingerprint density at radius 1 is 1.12 bits per heavy atom. The third kappa shape index (κ3) is 4.22. The first-order valence-corrected chi connectivity index (χ1v) is 7.69. The van der Waals surface area contributed by atoms with Crippen molar-refractivity contribution < 1.29 is 19.1 Å². The second-order valence-corrected chi connectivity index (χ2v) is 6.46. The Labute approximate surface area is 141 Å². The van der Waals surface area contributed by atoms with Gasteiger partial charge in [-0.15, -0.1) is 0 Å². The number of aromatic nitrogens is 2. The Bertz CT molecular complexity index is 742. The molecule has 0 fully saturated rings. The number of benzene rings is 1. The molecule has 1 heterocycles. The van der Waals surface area contributed by atoms with Gasteiger partial charge in [-0.05, 0) is 46.8 Å². The van der Waals surface area contributed by atoms with Gasteiger partial charge in [-0.25, -0.2) is 14.3 Å². The molecule has 1 aromatic heterocycles. The molecule has 6 nitrogen and oxygen atoms in total. The zero-order valence-corrected chi connectivity index (χ0v) is 14.6. The van der Waals surface area contributed by atoms with E-state index >= 15 is 0 Å². The van der Waals surface area contributed by atoms with Gasteiger partial charge in [0.05, 0.1) is 17.1 Å². The Morgan fingerprint density at radius 3 is 2.33 bits per heavy atom. The molecule has 0 aliphatic carbocycles. The molecular formula is C18H22N2O4. The van der Waals surface area contributed by atoms with Crippen LogP contribution in [0, 0.1) is 13.8 Å². The van der Waals surface area contributed by atoms with Gasteiger partial charge in [0, 0.05) is 0 Å². The topological polar surface area (TPSA) is 70.4 Å². The van der Waals surface area contributed by atoms with Crippen molar-refractivity contribution in [3.63, 3.8) is 0 Å². The predicted molar refractivity (Wildman–Crippen MR) is 89.2 cm³/mol. The monoisotopic (exact) mass is 330 g/mol. The fourth-order valence-electron chi connectivity index (χ4n) is 2.33. The van der Waals surface area contributed by atoms with Crippen LogP contribution >= 0.6 is 0 Å². The van der Waals surface area contributed by atoms with Gasteiger partial charge >= 0.3 is 11.9 Å². The van der Waals surface area contributed by atoms with Gasteiger partial charge in [-0.3, -0.25) is 0 Å². The van der Waals surface area contributed by atoms with Crippen LogP contribution in [0.25, 0.3) is 5.69 Å². The van der Waals surface area contributed by atoms with E-state index < -0.39 is 24.1 Å². The van der Waals surface area contributed by atoms with Gasteiger partial charge in [0.25, 0.3) is 0 Å². The lowest BCUT2D eigenvalue weighted by Crippen LogP contribution is -2.27. The van der Waals surface area contributed by atoms with Gasteiger partial charge in [0.2, 0.25) is 0 Å². The molecule has 24 heavy (non-hydrogen) atoms. The first kappa shape index (κ1) is 17.7. The second-order valence-electron chi connectivity index (χ2n) is 6.46. The minimum Gasteiger partial charge on any atom is -0.457 e. The maximum absolute atomic E-state index is 12.3. The third-order valence-electron chi connectivity index (χ3n) is 3.24. The smallest absolute Gasteiger partial charge is 0.344 e. The van der Waals surface area contributed by atoms with Gasteiger partial charge in [0.1, 0.15) is 11.2 Å². The lowest BCUT2D eigenvalue weighted by molar-refractivity contribution is -0.158. The molecule has 2 aromatic rings. The first-order valence-electron chi connectivity index (χ1n) is 7.69. The van der Waals surface area contributed by atoms with Crippen molar-refractivity contribution in [2.24, 2.45) is 0 Å². The number of nitrogens with zero attached hydrogens (tertiary/aromatic N) is 2. The highest BCUT2D eigenvalue weighted by molar-refractivity contribution is 5.93. The van der Waals surface area contributed by atoms with Crippen LogP contribution in [0.2, 0.25) is 0 Å². The Kier molecular flexibility index (Phi) is 5.07. The normalized spacial score (nSPS) is 11.2. The third-order valence-corrected chi connectivity index (χ3v) is 3.24. The number of rotatable bonds is 4. The molecule has 0 atom stereocenters. The van der Waals surface area contributed by atoms with E-state index in [1.807, 2.05) is 30.3 Å². The highest BCUT2D eigenvalue weighted by Crippen LogP contribution is 2.19. The molecule has 0 unspecified atom stereocenters. The minimum atomic E-state index is -0.618. The van der Waals surface area contributed by atoms with Crippen molar-refractivity contribution in [1.82, 2.24) is 9.78 Å². The van der Waals surface area contributed by atoms with Crippen LogP contribution in [-0.2, 0) is 14.3 Å². The summed E-state index contributed by atoms with van der Waals surface area (Å²) in [6.45, 7) is 8.36. The number of ether oxygens (including phenoxy) is 2. The van der Waals surface area contributed by atoms with Gasteiger partial charge in [-0.1, -0.05) is 18.2 Å². The fraction of sp³-hybridized carbons (Fsp3) is 0.389. The summed E-state index contributed by atoms with van der Waals surface area (Å²) < 4.78 is 11.9. The summed E-state index contributed by atoms with van der Waals surface area (Å²) in [6.07, 6.45) is 0. The number of hydrogen-bond donors (Lipinski definition) is 0. The van der Waals surface area contributed by atoms with Crippen LogP contribution in [-0.4, -0.2) is 33.9 Å². The Hall–Kier alpha value is -2.63. The van der Waals surface area contributed by atoms with E-state index in [-0.39, 0.29) is 0 Å². The molecule has 0 amide bonds. The maximum Gasteiger partial charge on any atom is 0.344 e. The highest BCUT2D eigenvalue weighted by atomic mass is 16.6. The molecule has 1 aromatic carbocycles. The highest BCUT2D eigenvalue weighted by Gasteiger charge is 2.23. The van der Waals surface area contributed by atoms with Gasteiger partial charge in [-0.2, -0.15) is 5.10 Å². The van der Waals surface area contributed by atoms with Gasteiger partial charge < -0.3 is 9.47 Å². The predicted octanol–water partition coefficient (Wildman–Crippen LogP) is 2.99. The second kappa shape index (κ2) is 6.86. The molecule has 0 saturated carbocycles. The average molecular weight is 330 g/mol. The molecule has 0 bridgehead atoms. The van der Waals surface area contributed by atoms with E-state index in [1.165, 1.54) is 0 Å². The first-order chi connectivity index (χ1) is 11.2. The molecular weight excluding hydrogens is 308 g/mol. The van der Waals surface area contributed by atoms with Crippen LogP contribution in [0.4, 0.5) is 0 Å². The molecule has 0 spiro atoms. The summed E-state index contributed by atoms with van der Waals surface area (Å²) >= 11 is 0. The molecule has 0 aliphatic rings. The van der Waals surface area contributed by atoms with Crippen molar-refractivity contribution in [1.29, 1.82) is 0 Å². The molecule has 0 radical (unpaired) electrons. The quantitative estimate of drug-likeness (QED) is 0.806. The fourth-order valence-corrected chi connectivity index (χ4v) is 2.33. The molecule has 6 heteroatoms. The summed E-state index contributed by atoms with van der Waals surface area (Å²) in [5.41, 5.74) is 1.80. The molecule has 0 aliphatic heterocycles. The van der Waals surface area contributed by atoms with Crippen LogP contribution in [0.3, 0.4) is 0 Å². The lowest BCUT2D eigenvalue weighted by atomic mass is 10.2. The van der Waals surface area contributed by atoms with E-state index in [1.54, 1.807) is 39.3 Å². The minimum absolute atomic E-state index is 0.363. The van der Waals surface area contributed by atoms with Crippen LogP contribution in [0.15, 0.2) is 30.3 Å². The van der Waals surface area contributed by atoms with Crippen molar-refractivity contribution in [3.05, 3.63) is 47.3 Å². The van der Waals surface area contributed by atoms with Crippen LogP contribution in [0.5, 0.6) is 0 Å². The number of aryl methyl sites for hydroxylation is 1. The summed E-state index contributed by atoms with van der Waals surface area (Å²) in [7, 11) is 0. The van der Waals surface area contributed by atoms with E-state index in [9.17, 15) is 9.59 Å². The molecule has 128 valence electrons. The van der Waals surface area contributed by atoms with E-state index in [0.717, 1.165) is 5.69 Å². The average Bonchev–Trinajstić information content (AvgIpc) is 2.79. The standard InChI is InChI=1S/C18H22N2O4/c1-12-16(17(22)23-11-15(21)24-18(3,4)5)13(2)20(19-12)14-9-7-6-8-10-14/h6-10H,11H2,1-5H3. The summed E-state index contributed by atoms with van der Waals surface area (Å²) in [5.74, 6) is -1.17. The number of para-hydroxylation sites is 1. The lowest BCUT2D eigenvalue weighted by Gasteiger charge is -2.19. The summed E-state index contributed by atoms with van der Waals surface area (Å²) in [5, 5.41) is 4.39. The zero-order valence-electron chi connectivity index (χ0n) is 14.6. The number of hydrogen-bond acceptors (Lipinski definition) is 5. The van der Waals surface area contributed by atoms with Crippen molar-refractivity contribution in [2.45, 2.75) is 40.2 Å². The van der Waals surface area contributed by atoms with Crippen molar-refractivity contribution in [2.75, 3.05) is 6.61 Å². The Balaban J connectivity index is 2.13. The summed E-state index contributed by atoms with van der Waals surface area (Å²) in [4.78, 5) is 24.0. The van der Waals surface area contributed by atoms with Gasteiger partial charge in [0.15, 0.2) is 6.61 Å². The van der Waals surface area contributed by atoms with E-state index in [0.29, 0.717) is 17.0 Å². The SMILES string of the molecule is Cc1nn(-c2ccccc2)c(C)c1C(=O)OCC(=O)OC(C)(C)C. The maximum atomic E-state index is 12.3. The Morgan fingerprint density at radius 2 is 1.75 bits per heavy atom. The number of esters is 2. The molecule has 2 rings (SSSR count). The summed E-state index contributed by atoms with van der Waals surface area (Å²) in [6, 6.07) is 9.49. The van der Waals surface area contributed by atoms with E-state index in [2.05, 4.69) is 5.10 Å². The zero-order chi connectivity index (χ0) is 17.9. The van der Waals surface area contributed by atoms with Crippen molar-refractivity contribution in [3.8, 4) is 5.69 Å².